The summed E-state index contributed by atoms with van der Waals surface area (Å²) in [5, 5.41) is 7.47. The van der Waals surface area contributed by atoms with Crippen molar-refractivity contribution in [3.8, 4) is 5.69 Å². The summed E-state index contributed by atoms with van der Waals surface area (Å²) < 4.78 is 42.1. The average molecular weight is 440 g/mol. The maximum atomic E-state index is 13.8. The second-order valence-electron chi connectivity index (χ2n) is 6.70. The van der Waals surface area contributed by atoms with Gasteiger partial charge in [-0.2, -0.15) is 18.3 Å². The topological polar surface area (TPSA) is 46.9 Å². The molecule has 2 aromatic carbocycles. The van der Waals surface area contributed by atoms with Crippen molar-refractivity contribution in [2.24, 2.45) is 0 Å². The molecule has 3 aromatic rings. The molecular weight excluding hydrogens is 426 g/mol. The third-order valence-electron chi connectivity index (χ3n) is 4.84. The third-order valence-corrected chi connectivity index (χ3v) is 5.33. The van der Waals surface area contributed by atoms with Gasteiger partial charge in [0.15, 0.2) is 5.69 Å². The van der Waals surface area contributed by atoms with Crippen LogP contribution >= 0.6 is 23.2 Å². The molecule has 4 rings (SSSR count). The number of carbonyl (C=O) groups excluding carboxylic acids is 1. The molecule has 1 aliphatic rings. The van der Waals surface area contributed by atoms with Gasteiger partial charge in [-0.3, -0.25) is 4.79 Å². The molecule has 0 bridgehead atoms. The van der Waals surface area contributed by atoms with E-state index in [0.717, 1.165) is 17.3 Å². The Hall–Kier alpha value is -2.51. The van der Waals surface area contributed by atoms with E-state index < -0.39 is 23.3 Å². The lowest BCUT2D eigenvalue weighted by molar-refractivity contribution is -0.143. The average Bonchev–Trinajstić information content (AvgIpc) is 3.26. The number of carbonyl (C=O) groups is 1. The standard InChI is InChI=1S/C20H14Cl2F3N3O/c21-12-2-5-14(6-3-12)28-18(20(23,24)25)16(10-26-28)19(29)27-17-8-1-11-9-13(22)4-7-15(11)17/h2-7,9-10,17H,1,8H2,(H,27,29). The molecule has 1 unspecified atom stereocenters. The van der Waals surface area contributed by atoms with E-state index in [9.17, 15) is 18.0 Å². The van der Waals surface area contributed by atoms with E-state index in [4.69, 9.17) is 23.2 Å². The zero-order valence-electron chi connectivity index (χ0n) is 14.8. The molecular formula is C20H14Cl2F3N3O. The Morgan fingerprint density at radius 2 is 1.79 bits per heavy atom. The zero-order chi connectivity index (χ0) is 20.8. The van der Waals surface area contributed by atoms with E-state index in [-0.39, 0.29) is 11.7 Å². The monoisotopic (exact) mass is 439 g/mol. The highest BCUT2D eigenvalue weighted by Crippen LogP contribution is 2.36. The number of alkyl halides is 3. The van der Waals surface area contributed by atoms with Crippen LogP contribution in [0.5, 0.6) is 0 Å². The van der Waals surface area contributed by atoms with Gasteiger partial charge in [-0.1, -0.05) is 29.3 Å². The van der Waals surface area contributed by atoms with Crippen molar-refractivity contribution in [1.82, 2.24) is 15.1 Å². The molecule has 1 amide bonds. The Balaban J connectivity index is 1.67. The second-order valence-corrected chi connectivity index (χ2v) is 7.57. The smallest absolute Gasteiger partial charge is 0.345 e. The van der Waals surface area contributed by atoms with Crippen molar-refractivity contribution in [1.29, 1.82) is 0 Å². The summed E-state index contributed by atoms with van der Waals surface area (Å²) in [4.78, 5) is 12.7. The Kier molecular flexibility index (Phi) is 5.04. The number of nitrogens with zero attached hydrogens (tertiary/aromatic N) is 2. The molecule has 0 fully saturated rings. The molecule has 9 heteroatoms. The number of amides is 1. The van der Waals surface area contributed by atoms with Gasteiger partial charge in [0.25, 0.3) is 5.91 Å². The van der Waals surface area contributed by atoms with Crippen LogP contribution in [-0.4, -0.2) is 15.7 Å². The Morgan fingerprint density at radius 1 is 1.10 bits per heavy atom. The fourth-order valence-corrected chi connectivity index (χ4v) is 3.86. The van der Waals surface area contributed by atoms with Gasteiger partial charge in [0.2, 0.25) is 0 Å². The quantitative estimate of drug-likeness (QED) is 0.575. The summed E-state index contributed by atoms with van der Waals surface area (Å²) in [6.45, 7) is 0. The molecule has 150 valence electrons. The van der Waals surface area contributed by atoms with Crippen molar-refractivity contribution in [3.63, 3.8) is 0 Å². The predicted octanol–water partition coefficient (Wildman–Crippen LogP) is 5.62. The molecule has 29 heavy (non-hydrogen) atoms. The fraction of sp³-hybridized carbons (Fsp3) is 0.200. The fourth-order valence-electron chi connectivity index (χ4n) is 3.54. The first-order chi connectivity index (χ1) is 13.7. The Bertz CT molecular complexity index is 1080. The molecule has 4 nitrogen and oxygen atoms in total. The summed E-state index contributed by atoms with van der Waals surface area (Å²) in [5.74, 6) is -0.828. The van der Waals surface area contributed by atoms with Crippen LogP contribution in [-0.2, 0) is 12.6 Å². The number of halogens is 5. The van der Waals surface area contributed by atoms with Crippen LogP contribution < -0.4 is 5.32 Å². The summed E-state index contributed by atoms with van der Waals surface area (Å²) in [5.41, 5.74) is 0.334. The molecule has 1 heterocycles. The number of nitrogens with one attached hydrogen (secondary N) is 1. The molecule has 1 aliphatic carbocycles. The lowest BCUT2D eigenvalue weighted by atomic mass is 10.1. The van der Waals surface area contributed by atoms with Crippen molar-refractivity contribution >= 4 is 29.1 Å². The number of aromatic nitrogens is 2. The number of rotatable bonds is 3. The lowest BCUT2D eigenvalue weighted by Gasteiger charge is -2.16. The number of benzene rings is 2. The second kappa shape index (κ2) is 7.39. The number of hydrogen-bond donors (Lipinski definition) is 1. The van der Waals surface area contributed by atoms with Gasteiger partial charge in [-0.15, -0.1) is 0 Å². The van der Waals surface area contributed by atoms with Crippen LogP contribution in [0, 0.1) is 0 Å². The minimum atomic E-state index is -4.77. The first kappa shape index (κ1) is 19.8. The molecule has 0 spiro atoms. The van der Waals surface area contributed by atoms with Gasteiger partial charge in [0.05, 0.1) is 23.5 Å². The summed E-state index contributed by atoms with van der Waals surface area (Å²) in [6.07, 6.45) is -2.56. The molecule has 0 saturated carbocycles. The van der Waals surface area contributed by atoms with E-state index in [1.165, 1.54) is 24.3 Å². The van der Waals surface area contributed by atoms with E-state index in [1.54, 1.807) is 12.1 Å². The highest BCUT2D eigenvalue weighted by atomic mass is 35.5. The number of hydrogen-bond acceptors (Lipinski definition) is 2. The van der Waals surface area contributed by atoms with Crippen LogP contribution in [0.1, 0.15) is 39.6 Å². The largest absolute Gasteiger partial charge is 0.434 e. The summed E-state index contributed by atoms with van der Waals surface area (Å²) in [7, 11) is 0. The van der Waals surface area contributed by atoms with Crippen LogP contribution in [0.15, 0.2) is 48.7 Å². The minimum absolute atomic E-state index is 0.154. The minimum Gasteiger partial charge on any atom is -0.345 e. The third kappa shape index (κ3) is 3.84. The van der Waals surface area contributed by atoms with Crippen molar-refractivity contribution < 1.29 is 18.0 Å². The highest BCUT2D eigenvalue weighted by Gasteiger charge is 2.41. The van der Waals surface area contributed by atoms with Crippen molar-refractivity contribution in [2.45, 2.75) is 25.1 Å². The number of fused-ring (bicyclic) bond motifs is 1. The van der Waals surface area contributed by atoms with E-state index >= 15 is 0 Å². The van der Waals surface area contributed by atoms with Gasteiger partial charge < -0.3 is 5.32 Å². The van der Waals surface area contributed by atoms with Crippen molar-refractivity contribution in [2.75, 3.05) is 0 Å². The molecule has 0 saturated heterocycles. The van der Waals surface area contributed by atoms with Gasteiger partial charge in [0, 0.05) is 10.0 Å². The number of aryl methyl sites for hydroxylation is 1. The van der Waals surface area contributed by atoms with Crippen LogP contribution in [0.2, 0.25) is 10.0 Å². The van der Waals surface area contributed by atoms with Gasteiger partial charge >= 0.3 is 6.18 Å². The SMILES string of the molecule is O=C(NC1CCc2cc(Cl)ccc21)c1cnn(-c2ccc(Cl)cc2)c1C(F)(F)F. The first-order valence-corrected chi connectivity index (χ1v) is 9.50. The van der Waals surface area contributed by atoms with Crippen LogP contribution in [0.3, 0.4) is 0 Å². The molecule has 0 radical (unpaired) electrons. The van der Waals surface area contributed by atoms with E-state index in [0.29, 0.717) is 27.6 Å². The first-order valence-electron chi connectivity index (χ1n) is 8.74. The molecule has 1 aromatic heterocycles. The van der Waals surface area contributed by atoms with Gasteiger partial charge in [0.1, 0.15) is 0 Å². The maximum absolute atomic E-state index is 13.8. The van der Waals surface area contributed by atoms with Gasteiger partial charge in [-0.05, 0) is 60.4 Å². The lowest BCUT2D eigenvalue weighted by Crippen LogP contribution is -2.29. The predicted molar refractivity (Wildman–Crippen MR) is 104 cm³/mol. The zero-order valence-corrected chi connectivity index (χ0v) is 16.3. The Morgan fingerprint density at radius 3 is 2.48 bits per heavy atom. The van der Waals surface area contributed by atoms with Crippen LogP contribution in [0.25, 0.3) is 5.69 Å². The van der Waals surface area contributed by atoms with Crippen LogP contribution in [0.4, 0.5) is 13.2 Å². The summed E-state index contributed by atoms with van der Waals surface area (Å²) >= 11 is 11.8. The summed E-state index contributed by atoms with van der Waals surface area (Å²) in [6, 6.07) is 10.6. The van der Waals surface area contributed by atoms with E-state index in [1.807, 2.05) is 6.07 Å². The van der Waals surface area contributed by atoms with E-state index in [2.05, 4.69) is 10.4 Å². The maximum Gasteiger partial charge on any atom is 0.434 e. The Labute approximate surface area is 174 Å². The molecule has 1 atom stereocenters. The molecule has 0 aliphatic heterocycles. The van der Waals surface area contributed by atoms with Gasteiger partial charge in [-0.25, -0.2) is 4.68 Å². The van der Waals surface area contributed by atoms with Crippen molar-refractivity contribution in [3.05, 3.63) is 81.1 Å². The molecule has 1 N–H and O–H groups in total. The highest BCUT2D eigenvalue weighted by molar-refractivity contribution is 6.30. The normalized spacial score (nSPS) is 16.0.